The van der Waals surface area contributed by atoms with E-state index in [-0.39, 0.29) is 12.1 Å². The summed E-state index contributed by atoms with van der Waals surface area (Å²) in [4.78, 5) is 16.2. The van der Waals surface area contributed by atoms with Gasteiger partial charge >= 0.3 is 6.09 Å². The van der Waals surface area contributed by atoms with Gasteiger partial charge in [0.15, 0.2) is 0 Å². The zero-order valence-electron chi connectivity index (χ0n) is 8.61. The highest BCUT2D eigenvalue weighted by Crippen LogP contribution is 2.32. The number of hydrogen-bond acceptors (Lipinski definition) is 2. The van der Waals surface area contributed by atoms with E-state index < -0.39 is 0 Å². The van der Waals surface area contributed by atoms with Crippen molar-refractivity contribution < 1.29 is 9.53 Å². The number of carbonyl (C=O) groups is 1. The zero-order valence-corrected chi connectivity index (χ0v) is 9.36. The van der Waals surface area contributed by atoms with Gasteiger partial charge in [-0.05, 0) is 19.1 Å². The van der Waals surface area contributed by atoms with Gasteiger partial charge in [0, 0.05) is 10.7 Å². The van der Waals surface area contributed by atoms with E-state index in [0.29, 0.717) is 23.0 Å². The number of rotatable bonds is 1. The highest BCUT2D eigenvalue weighted by Gasteiger charge is 2.30. The summed E-state index contributed by atoms with van der Waals surface area (Å²) in [6.07, 6.45) is -0.376. The number of ether oxygens (including phenoxy) is 1. The first kappa shape index (κ1) is 10.8. The Morgan fingerprint density at radius 2 is 2.38 bits per heavy atom. The van der Waals surface area contributed by atoms with Gasteiger partial charge in [-0.25, -0.2) is 9.64 Å². The topological polar surface area (TPSA) is 33.9 Å². The van der Waals surface area contributed by atoms with Crippen molar-refractivity contribution in [2.75, 3.05) is 11.5 Å². The minimum absolute atomic E-state index is 0.0117. The lowest BCUT2D eigenvalue weighted by atomic mass is 10.2. The van der Waals surface area contributed by atoms with Crippen LogP contribution in [0.4, 0.5) is 16.2 Å². The molecule has 0 unspecified atom stereocenters. The van der Waals surface area contributed by atoms with Crippen LogP contribution in [0.25, 0.3) is 4.85 Å². The van der Waals surface area contributed by atoms with Crippen molar-refractivity contribution in [2.24, 2.45) is 0 Å². The molecule has 1 aromatic rings. The van der Waals surface area contributed by atoms with Crippen LogP contribution in [0.3, 0.4) is 0 Å². The smallest absolute Gasteiger partial charge is 0.414 e. The summed E-state index contributed by atoms with van der Waals surface area (Å²) < 4.78 is 4.91. The highest BCUT2D eigenvalue weighted by molar-refractivity contribution is 6.33. The molecule has 0 N–H and O–H groups in total. The summed E-state index contributed by atoms with van der Waals surface area (Å²) in [5.41, 5.74) is 1.04. The Morgan fingerprint density at radius 1 is 1.62 bits per heavy atom. The number of anilines is 1. The molecule has 1 aliphatic rings. The van der Waals surface area contributed by atoms with Gasteiger partial charge in [-0.15, -0.1) is 0 Å². The van der Waals surface area contributed by atoms with Crippen LogP contribution >= 0.6 is 11.6 Å². The average Bonchev–Trinajstić information content (AvgIpc) is 2.58. The number of halogens is 1. The molecule has 4 nitrogen and oxygen atoms in total. The van der Waals surface area contributed by atoms with Crippen molar-refractivity contribution in [2.45, 2.75) is 13.0 Å². The maximum absolute atomic E-state index is 11.5. The molecule has 1 aliphatic heterocycles. The second-order valence-electron chi connectivity index (χ2n) is 3.54. The molecule has 1 heterocycles. The van der Waals surface area contributed by atoms with Crippen LogP contribution in [-0.4, -0.2) is 18.7 Å². The fourth-order valence-electron chi connectivity index (χ4n) is 1.61. The zero-order chi connectivity index (χ0) is 11.7. The first-order valence-electron chi connectivity index (χ1n) is 4.76. The van der Waals surface area contributed by atoms with Crippen LogP contribution in [0.1, 0.15) is 6.92 Å². The molecule has 5 heteroatoms. The van der Waals surface area contributed by atoms with Crippen molar-refractivity contribution in [1.82, 2.24) is 0 Å². The molecule has 0 aliphatic carbocycles. The predicted molar refractivity (Wildman–Crippen MR) is 61.0 cm³/mol. The minimum atomic E-state index is -0.376. The van der Waals surface area contributed by atoms with Crippen LogP contribution in [-0.2, 0) is 4.74 Å². The van der Waals surface area contributed by atoms with Crippen molar-refractivity contribution in [3.8, 4) is 0 Å². The molecule has 16 heavy (non-hydrogen) atoms. The molecule has 0 spiro atoms. The molecule has 1 amide bonds. The molecule has 0 aromatic heterocycles. The Bertz CT molecular complexity index is 481. The minimum Gasteiger partial charge on any atom is -0.447 e. The van der Waals surface area contributed by atoms with Crippen molar-refractivity contribution in [3.63, 3.8) is 0 Å². The number of carbonyl (C=O) groups excluding carboxylic acids is 1. The number of hydrogen-bond donors (Lipinski definition) is 0. The first-order chi connectivity index (χ1) is 7.63. The van der Waals surface area contributed by atoms with Crippen molar-refractivity contribution in [3.05, 3.63) is 34.6 Å². The van der Waals surface area contributed by atoms with E-state index in [0.717, 1.165) is 0 Å². The summed E-state index contributed by atoms with van der Waals surface area (Å²) in [6.45, 7) is 9.15. The van der Waals surface area contributed by atoms with Gasteiger partial charge < -0.3 is 4.74 Å². The molecule has 1 atom stereocenters. The van der Waals surface area contributed by atoms with E-state index in [4.69, 9.17) is 22.9 Å². The summed E-state index contributed by atoms with van der Waals surface area (Å²) in [7, 11) is 0. The van der Waals surface area contributed by atoms with Crippen molar-refractivity contribution >= 4 is 29.1 Å². The lowest BCUT2D eigenvalue weighted by Crippen LogP contribution is -2.30. The van der Waals surface area contributed by atoms with Gasteiger partial charge in [-0.3, -0.25) is 4.90 Å². The quantitative estimate of drug-likeness (QED) is 0.702. The maximum atomic E-state index is 11.5. The van der Waals surface area contributed by atoms with E-state index in [2.05, 4.69) is 4.85 Å². The van der Waals surface area contributed by atoms with Gasteiger partial charge in [0.2, 0.25) is 5.69 Å². The number of nitrogens with zero attached hydrogens (tertiary/aromatic N) is 2. The van der Waals surface area contributed by atoms with Crippen LogP contribution in [0.15, 0.2) is 18.2 Å². The summed E-state index contributed by atoms with van der Waals surface area (Å²) in [6, 6.07) is 4.89. The second-order valence-corrected chi connectivity index (χ2v) is 3.95. The first-order valence-corrected chi connectivity index (χ1v) is 5.14. The molecular weight excluding hydrogens is 228 g/mol. The SMILES string of the molecule is [C-]#[N+]c1ccc(N2C(=O)OC[C@@H]2C)cc1Cl. The Hall–Kier alpha value is -1.73. The highest BCUT2D eigenvalue weighted by atomic mass is 35.5. The standard InChI is InChI=1S/C11H9ClN2O2/c1-7-6-16-11(15)14(7)8-3-4-10(13-2)9(12)5-8/h3-5,7H,6H2,1H3/t7-/m0/s1. The predicted octanol–water partition coefficient (Wildman–Crippen LogP) is 3.24. The molecular formula is C11H9ClN2O2. The third kappa shape index (κ3) is 1.70. The van der Waals surface area contributed by atoms with E-state index >= 15 is 0 Å². The number of amides is 1. The molecule has 1 aromatic carbocycles. The monoisotopic (exact) mass is 236 g/mol. The fourth-order valence-corrected chi connectivity index (χ4v) is 1.83. The van der Waals surface area contributed by atoms with Gasteiger partial charge in [0.05, 0.1) is 12.6 Å². The third-order valence-electron chi connectivity index (χ3n) is 2.42. The Balaban J connectivity index is 2.38. The molecule has 82 valence electrons. The van der Waals surface area contributed by atoms with E-state index in [9.17, 15) is 4.79 Å². The Kier molecular flexibility index (Phi) is 2.71. The lowest BCUT2D eigenvalue weighted by molar-refractivity contribution is 0.179. The van der Waals surface area contributed by atoms with Crippen LogP contribution in [0.5, 0.6) is 0 Å². The van der Waals surface area contributed by atoms with Crippen molar-refractivity contribution in [1.29, 1.82) is 0 Å². The van der Waals surface area contributed by atoms with Crippen LogP contribution < -0.4 is 4.90 Å². The van der Waals surface area contributed by atoms with Crippen LogP contribution in [0.2, 0.25) is 5.02 Å². The van der Waals surface area contributed by atoms with Gasteiger partial charge in [0.1, 0.15) is 6.61 Å². The molecule has 0 radical (unpaired) electrons. The molecule has 1 saturated heterocycles. The largest absolute Gasteiger partial charge is 0.447 e. The fraction of sp³-hybridized carbons (Fsp3) is 0.273. The second kappa shape index (κ2) is 4.03. The van der Waals surface area contributed by atoms with Gasteiger partial charge in [0.25, 0.3) is 0 Å². The third-order valence-corrected chi connectivity index (χ3v) is 2.72. The Morgan fingerprint density at radius 3 is 2.88 bits per heavy atom. The summed E-state index contributed by atoms with van der Waals surface area (Å²) >= 11 is 5.91. The maximum Gasteiger partial charge on any atom is 0.414 e. The molecule has 1 fully saturated rings. The normalized spacial score (nSPS) is 19.4. The number of cyclic esters (lactones) is 1. The van der Waals surface area contributed by atoms with Crippen LogP contribution in [0, 0.1) is 6.57 Å². The molecule has 0 bridgehead atoms. The lowest BCUT2D eigenvalue weighted by Gasteiger charge is -2.18. The molecule has 2 rings (SSSR count). The van der Waals surface area contributed by atoms with E-state index in [1.54, 1.807) is 18.2 Å². The summed E-state index contributed by atoms with van der Waals surface area (Å²) in [5, 5.41) is 0.347. The Labute approximate surface area is 98.2 Å². The summed E-state index contributed by atoms with van der Waals surface area (Å²) in [5.74, 6) is 0. The van der Waals surface area contributed by atoms with Gasteiger partial charge in [-0.1, -0.05) is 17.7 Å². The average molecular weight is 237 g/mol. The molecule has 0 saturated carbocycles. The van der Waals surface area contributed by atoms with E-state index in [1.807, 2.05) is 6.92 Å². The van der Waals surface area contributed by atoms with Gasteiger partial charge in [-0.2, -0.15) is 0 Å². The number of benzene rings is 1. The van der Waals surface area contributed by atoms with E-state index in [1.165, 1.54) is 4.90 Å².